The smallest absolute Gasteiger partial charge is 0.182 e. The van der Waals surface area contributed by atoms with Crippen LogP contribution < -0.4 is 14.5 Å². The predicted molar refractivity (Wildman–Crippen MR) is 103 cm³/mol. The van der Waals surface area contributed by atoms with Gasteiger partial charge in [-0.25, -0.2) is 9.97 Å². The van der Waals surface area contributed by atoms with E-state index in [2.05, 4.69) is 15.0 Å². The van der Waals surface area contributed by atoms with Crippen LogP contribution in [0.15, 0.2) is 55.1 Å². The van der Waals surface area contributed by atoms with Crippen molar-refractivity contribution in [3.05, 3.63) is 55.1 Å². The van der Waals surface area contributed by atoms with Gasteiger partial charge in [0.25, 0.3) is 0 Å². The van der Waals surface area contributed by atoms with Gasteiger partial charge in [0.2, 0.25) is 0 Å². The van der Waals surface area contributed by atoms with Crippen molar-refractivity contribution < 1.29 is 14.3 Å². The van der Waals surface area contributed by atoms with E-state index < -0.39 is 0 Å². The monoisotopic (exact) mass is 378 g/mol. The largest absolute Gasteiger partial charge is 0.493 e. The van der Waals surface area contributed by atoms with Gasteiger partial charge in [-0.05, 0) is 24.3 Å². The lowest BCUT2D eigenvalue weighted by Crippen LogP contribution is -2.19. The maximum atomic E-state index is 5.54. The standard InChI is InChI=1S/C19H18N6O3/c1-26-15-6-4-5-13(19(15)27-2)14-7-8-16-22-12-18(24(16)23-14)25(28-3)17-11-20-9-10-21-17/h4-12H,1-3H3. The lowest BCUT2D eigenvalue weighted by molar-refractivity contribution is 0.195. The van der Waals surface area contributed by atoms with Crippen molar-refractivity contribution in [1.82, 2.24) is 24.6 Å². The number of anilines is 2. The molecule has 142 valence electrons. The van der Waals surface area contributed by atoms with Gasteiger partial charge in [-0.2, -0.15) is 14.7 Å². The molecule has 0 aliphatic carbocycles. The number of rotatable bonds is 6. The van der Waals surface area contributed by atoms with Gasteiger partial charge in [0, 0.05) is 18.0 Å². The van der Waals surface area contributed by atoms with E-state index in [0.29, 0.717) is 34.5 Å². The highest BCUT2D eigenvalue weighted by molar-refractivity contribution is 5.72. The summed E-state index contributed by atoms with van der Waals surface area (Å²) in [7, 11) is 4.75. The third-order valence-electron chi connectivity index (χ3n) is 4.17. The number of hydrogen-bond donors (Lipinski definition) is 0. The van der Waals surface area contributed by atoms with Crippen LogP contribution in [0.3, 0.4) is 0 Å². The van der Waals surface area contributed by atoms with Crippen LogP contribution in [-0.4, -0.2) is 45.9 Å². The van der Waals surface area contributed by atoms with E-state index in [4.69, 9.17) is 19.4 Å². The Morgan fingerprint density at radius 1 is 0.929 bits per heavy atom. The average Bonchev–Trinajstić information content (AvgIpc) is 3.17. The Bertz CT molecular complexity index is 1100. The molecule has 0 saturated heterocycles. The number of imidazole rings is 1. The number of methoxy groups -OCH3 is 2. The number of para-hydroxylation sites is 1. The molecule has 4 aromatic rings. The molecule has 0 aliphatic heterocycles. The summed E-state index contributed by atoms with van der Waals surface area (Å²) < 4.78 is 12.6. The van der Waals surface area contributed by atoms with E-state index >= 15 is 0 Å². The minimum Gasteiger partial charge on any atom is -0.493 e. The van der Waals surface area contributed by atoms with Gasteiger partial charge < -0.3 is 9.47 Å². The van der Waals surface area contributed by atoms with Crippen LogP contribution in [0.4, 0.5) is 11.6 Å². The molecule has 0 unspecified atom stereocenters. The van der Waals surface area contributed by atoms with Crippen molar-refractivity contribution in [2.45, 2.75) is 0 Å². The molecular formula is C19H18N6O3. The molecule has 0 radical (unpaired) electrons. The van der Waals surface area contributed by atoms with Crippen molar-refractivity contribution >= 4 is 17.3 Å². The molecule has 0 N–H and O–H groups in total. The first-order valence-electron chi connectivity index (χ1n) is 8.43. The lowest BCUT2D eigenvalue weighted by Gasteiger charge is -2.18. The second kappa shape index (κ2) is 7.49. The third kappa shape index (κ3) is 2.97. The van der Waals surface area contributed by atoms with Gasteiger partial charge in [0.15, 0.2) is 28.8 Å². The van der Waals surface area contributed by atoms with Crippen LogP contribution in [-0.2, 0) is 4.84 Å². The second-order valence-corrected chi connectivity index (χ2v) is 5.69. The summed E-state index contributed by atoms with van der Waals surface area (Å²) in [6.45, 7) is 0. The van der Waals surface area contributed by atoms with Crippen molar-refractivity contribution in [1.29, 1.82) is 0 Å². The number of aromatic nitrogens is 5. The van der Waals surface area contributed by atoms with E-state index in [0.717, 1.165) is 5.56 Å². The lowest BCUT2D eigenvalue weighted by atomic mass is 10.1. The van der Waals surface area contributed by atoms with Crippen molar-refractivity contribution in [2.75, 3.05) is 26.4 Å². The Morgan fingerprint density at radius 3 is 2.54 bits per heavy atom. The van der Waals surface area contributed by atoms with Crippen molar-refractivity contribution in [3.63, 3.8) is 0 Å². The molecule has 28 heavy (non-hydrogen) atoms. The number of hydrogen-bond acceptors (Lipinski definition) is 8. The number of fused-ring (bicyclic) bond motifs is 1. The Labute approximate surface area is 161 Å². The molecule has 4 rings (SSSR count). The molecule has 0 amide bonds. The summed E-state index contributed by atoms with van der Waals surface area (Å²) in [4.78, 5) is 18.3. The van der Waals surface area contributed by atoms with E-state index in [1.165, 1.54) is 5.06 Å². The molecule has 3 aromatic heterocycles. The van der Waals surface area contributed by atoms with Crippen molar-refractivity contribution in [2.24, 2.45) is 0 Å². The van der Waals surface area contributed by atoms with Crippen LogP contribution in [0.5, 0.6) is 11.5 Å². The predicted octanol–water partition coefficient (Wildman–Crippen LogP) is 2.90. The van der Waals surface area contributed by atoms with Crippen LogP contribution in [0.2, 0.25) is 0 Å². The zero-order chi connectivity index (χ0) is 19.5. The molecule has 0 bridgehead atoms. The van der Waals surface area contributed by atoms with Crippen LogP contribution >= 0.6 is 0 Å². The molecular weight excluding hydrogens is 360 g/mol. The quantitative estimate of drug-likeness (QED) is 0.473. The van der Waals surface area contributed by atoms with E-state index in [1.54, 1.807) is 50.6 Å². The summed E-state index contributed by atoms with van der Waals surface area (Å²) >= 11 is 0. The summed E-state index contributed by atoms with van der Waals surface area (Å²) in [5.41, 5.74) is 2.15. The van der Waals surface area contributed by atoms with E-state index in [-0.39, 0.29) is 0 Å². The molecule has 0 aliphatic rings. The third-order valence-corrected chi connectivity index (χ3v) is 4.17. The Morgan fingerprint density at radius 2 is 1.82 bits per heavy atom. The zero-order valence-corrected chi connectivity index (χ0v) is 15.6. The van der Waals surface area contributed by atoms with Crippen LogP contribution in [0.25, 0.3) is 16.9 Å². The molecule has 0 spiro atoms. The van der Waals surface area contributed by atoms with Gasteiger partial charge in [0.05, 0.1) is 39.4 Å². The topological polar surface area (TPSA) is 86.9 Å². The highest BCUT2D eigenvalue weighted by Gasteiger charge is 2.18. The van der Waals surface area contributed by atoms with Crippen LogP contribution in [0.1, 0.15) is 0 Å². The minimum absolute atomic E-state index is 0.512. The van der Waals surface area contributed by atoms with Crippen molar-refractivity contribution in [3.8, 4) is 22.8 Å². The fourth-order valence-electron chi connectivity index (χ4n) is 2.93. The SMILES string of the molecule is COc1cccc(-c2ccc3ncc(N(OC)c4cnccn4)n3n2)c1OC. The fraction of sp³-hybridized carbons (Fsp3) is 0.158. The molecule has 0 saturated carbocycles. The van der Waals surface area contributed by atoms with E-state index in [9.17, 15) is 0 Å². The van der Waals surface area contributed by atoms with Gasteiger partial charge in [-0.15, -0.1) is 0 Å². The molecule has 3 heterocycles. The number of benzene rings is 1. The summed E-state index contributed by atoms with van der Waals surface area (Å²) in [6, 6.07) is 9.39. The summed E-state index contributed by atoms with van der Waals surface area (Å²) in [5, 5.41) is 6.24. The Kier molecular flexibility index (Phi) is 4.73. The first-order chi connectivity index (χ1) is 13.8. The Balaban J connectivity index is 1.86. The molecule has 9 nitrogen and oxygen atoms in total. The number of ether oxygens (including phenoxy) is 2. The van der Waals surface area contributed by atoms with Gasteiger partial charge in [0.1, 0.15) is 0 Å². The maximum absolute atomic E-state index is 5.54. The van der Waals surface area contributed by atoms with Crippen LogP contribution in [0, 0.1) is 0 Å². The Hall–Kier alpha value is -3.72. The molecule has 0 fully saturated rings. The van der Waals surface area contributed by atoms with Gasteiger partial charge in [-0.1, -0.05) is 6.07 Å². The maximum Gasteiger partial charge on any atom is 0.182 e. The second-order valence-electron chi connectivity index (χ2n) is 5.69. The minimum atomic E-state index is 0.512. The molecule has 0 atom stereocenters. The molecule has 9 heteroatoms. The highest BCUT2D eigenvalue weighted by Crippen LogP contribution is 2.37. The highest BCUT2D eigenvalue weighted by atomic mass is 16.7. The molecule has 1 aromatic carbocycles. The van der Waals surface area contributed by atoms with Gasteiger partial charge >= 0.3 is 0 Å². The first-order valence-corrected chi connectivity index (χ1v) is 8.43. The summed E-state index contributed by atoms with van der Waals surface area (Å²) in [5.74, 6) is 2.33. The fourth-order valence-corrected chi connectivity index (χ4v) is 2.93. The van der Waals surface area contributed by atoms with E-state index in [1.807, 2.05) is 30.3 Å². The average molecular weight is 378 g/mol. The normalized spacial score (nSPS) is 10.8. The number of nitrogens with zero attached hydrogens (tertiary/aromatic N) is 6. The summed E-state index contributed by atoms with van der Waals surface area (Å²) in [6.07, 6.45) is 6.44. The zero-order valence-electron chi connectivity index (χ0n) is 15.6. The van der Waals surface area contributed by atoms with Gasteiger partial charge in [-0.3, -0.25) is 9.82 Å². The first kappa shape index (κ1) is 17.7.